The molecular formula is C27H38ClN5O2. The van der Waals surface area contributed by atoms with Crippen molar-refractivity contribution < 1.29 is 9.53 Å². The van der Waals surface area contributed by atoms with Crippen molar-refractivity contribution in [3.8, 4) is 11.4 Å². The molecule has 0 amide bonds. The van der Waals surface area contributed by atoms with Gasteiger partial charge in [0, 0.05) is 16.1 Å². The predicted octanol–water partition coefficient (Wildman–Crippen LogP) is 5.96. The number of carbonyl (C=O) groups excluding carboxylic acids is 1. The second kappa shape index (κ2) is 16.6. The van der Waals surface area contributed by atoms with E-state index in [0.29, 0.717) is 11.6 Å². The van der Waals surface area contributed by atoms with Crippen LogP contribution in [-0.4, -0.2) is 40.4 Å². The van der Waals surface area contributed by atoms with Crippen LogP contribution in [-0.2, 0) is 11.3 Å². The Morgan fingerprint density at radius 2 is 1.74 bits per heavy atom. The summed E-state index contributed by atoms with van der Waals surface area (Å²) < 4.78 is 7.45. The molecule has 8 heteroatoms. The monoisotopic (exact) mass is 499 g/mol. The van der Waals surface area contributed by atoms with Crippen LogP contribution < -0.4 is 10.5 Å². The second-order valence-electron chi connectivity index (χ2n) is 7.64. The van der Waals surface area contributed by atoms with Crippen molar-refractivity contribution in [1.29, 1.82) is 0 Å². The highest BCUT2D eigenvalue weighted by molar-refractivity contribution is 6.30. The summed E-state index contributed by atoms with van der Waals surface area (Å²) in [5.74, 6) is 2.44. The first-order valence-corrected chi connectivity index (χ1v) is 12.3. The minimum Gasteiger partial charge on any atom is -0.497 e. The number of fused-ring (bicyclic) bond motifs is 3. The molecule has 0 saturated heterocycles. The number of nitrogens with two attached hydrogens (primary N) is 1. The molecule has 0 bridgehead atoms. The van der Waals surface area contributed by atoms with Gasteiger partial charge in [0.1, 0.15) is 24.4 Å². The molecule has 4 rings (SSSR count). The van der Waals surface area contributed by atoms with Crippen LogP contribution in [0.4, 0.5) is 0 Å². The van der Waals surface area contributed by atoms with E-state index in [-0.39, 0.29) is 0 Å². The average Bonchev–Trinajstić information content (AvgIpc) is 3.13. The van der Waals surface area contributed by atoms with E-state index in [2.05, 4.69) is 31.0 Å². The topological polar surface area (TPSA) is 95.4 Å². The summed E-state index contributed by atoms with van der Waals surface area (Å²) in [7, 11) is 1.66. The first-order chi connectivity index (χ1) is 16.9. The lowest BCUT2D eigenvalue weighted by molar-refractivity contribution is -0.106. The molecule has 2 N–H and O–H groups in total. The maximum Gasteiger partial charge on any atom is 0.159 e. The Morgan fingerprint density at radius 1 is 1.11 bits per heavy atom. The highest BCUT2D eigenvalue weighted by Gasteiger charge is 2.22. The Morgan fingerprint density at radius 3 is 2.26 bits per heavy atom. The number of carbonyl (C=O) groups is 1. The number of rotatable bonds is 4. The van der Waals surface area contributed by atoms with E-state index in [9.17, 15) is 0 Å². The number of hydrogen-bond donors (Lipinski definition) is 1. The van der Waals surface area contributed by atoms with E-state index in [1.54, 1.807) is 7.11 Å². The number of benzene rings is 2. The van der Waals surface area contributed by atoms with Crippen LogP contribution in [0.5, 0.6) is 5.75 Å². The number of methoxy groups -OCH3 is 1. The SMILES string of the molecule is CC=O.CCC.CCCCN.COc1ccc2c(c1)C(c1ccc(Cl)cc1)=NCc1nnc(C)n1-2. The van der Waals surface area contributed by atoms with Crippen molar-refractivity contribution in [1.82, 2.24) is 14.8 Å². The minimum absolute atomic E-state index is 0.468. The van der Waals surface area contributed by atoms with Crippen molar-refractivity contribution in [2.45, 2.75) is 60.4 Å². The van der Waals surface area contributed by atoms with Crippen LogP contribution in [0.25, 0.3) is 5.69 Å². The summed E-state index contributed by atoms with van der Waals surface area (Å²) in [6, 6.07) is 13.6. The van der Waals surface area contributed by atoms with Gasteiger partial charge in [0.2, 0.25) is 0 Å². The smallest absolute Gasteiger partial charge is 0.159 e. The van der Waals surface area contributed by atoms with Gasteiger partial charge >= 0.3 is 0 Å². The molecule has 2 aromatic carbocycles. The standard InChI is InChI=1S/C18H15ClN4O.C4H11N.C3H8.C2H4O/c1-11-21-22-17-10-20-18(12-3-5-13(19)6-4-12)15-9-14(24-2)7-8-16(15)23(11)17;1-2-3-4-5;1-3-2;1-2-3/h3-9H,10H2,1-2H3;2-5H2,1H3;3H2,1-2H3;2H,1H3. The number of halogens is 1. The van der Waals surface area contributed by atoms with Crippen LogP contribution >= 0.6 is 11.6 Å². The van der Waals surface area contributed by atoms with Gasteiger partial charge in [-0.05, 0) is 57.1 Å². The Kier molecular flexibility index (Phi) is 14.2. The van der Waals surface area contributed by atoms with Gasteiger partial charge in [-0.1, -0.05) is 57.3 Å². The number of aliphatic imine (C=N–C) groups is 1. The van der Waals surface area contributed by atoms with Gasteiger partial charge in [0.05, 0.1) is 18.5 Å². The molecule has 1 aromatic heterocycles. The number of aldehydes is 1. The van der Waals surface area contributed by atoms with Crippen molar-refractivity contribution >= 4 is 23.6 Å². The zero-order valence-corrected chi connectivity index (χ0v) is 22.5. The molecule has 1 aliphatic rings. The van der Waals surface area contributed by atoms with E-state index in [0.717, 1.165) is 52.8 Å². The minimum atomic E-state index is 0.468. The molecule has 0 fully saturated rings. The maximum absolute atomic E-state index is 8.81. The Labute approximate surface area is 214 Å². The number of aromatic nitrogens is 3. The molecule has 0 radical (unpaired) electrons. The molecular weight excluding hydrogens is 462 g/mol. The van der Waals surface area contributed by atoms with Crippen LogP contribution in [0.3, 0.4) is 0 Å². The third-order valence-corrected chi connectivity index (χ3v) is 4.90. The van der Waals surface area contributed by atoms with Gasteiger partial charge in [0.25, 0.3) is 0 Å². The molecule has 35 heavy (non-hydrogen) atoms. The van der Waals surface area contributed by atoms with E-state index in [1.807, 2.05) is 54.0 Å². The fourth-order valence-corrected chi connectivity index (χ4v) is 3.27. The van der Waals surface area contributed by atoms with E-state index < -0.39 is 0 Å². The van der Waals surface area contributed by atoms with Crippen molar-refractivity contribution in [2.75, 3.05) is 13.7 Å². The van der Waals surface area contributed by atoms with Crippen LogP contribution in [0, 0.1) is 6.92 Å². The van der Waals surface area contributed by atoms with Gasteiger partial charge in [-0.3, -0.25) is 9.56 Å². The largest absolute Gasteiger partial charge is 0.497 e. The summed E-state index contributed by atoms with van der Waals surface area (Å²) in [4.78, 5) is 13.6. The summed E-state index contributed by atoms with van der Waals surface area (Å²) in [6.45, 7) is 11.1. The fraction of sp³-hybridized carbons (Fsp3) is 0.407. The van der Waals surface area contributed by atoms with E-state index in [1.165, 1.54) is 26.2 Å². The first-order valence-electron chi connectivity index (χ1n) is 11.9. The summed E-state index contributed by atoms with van der Waals surface area (Å²) in [5, 5.41) is 9.14. The molecule has 3 aromatic rings. The molecule has 0 saturated carbocycles. The quantitative estimate of drug-likeness (QED) is 0.447. The maximum atomic E-state index is 8.81. The molecule has 0 atom stereocenters. The Balaban J connectivity index is 0.000000475. The Bertz CT molecular complexity index is 1060. The van der Waals surface area contributed by atoms with Gasteiger partial charge in [-0.15, -0.1) is 10.2 Å². The molecule has 0 unspecified atom stereocenters. The van der Waals surface area contributed by atoms with Crippen molar-refractivity contribution in [2.24, 2.45) is 10.7 Å². The molecule has 7 nitrogen and oxygen atoms in total. The predicted molar refractivity (Wildman–Crippen MR) is 145 cm³/mol. The van der Waals surface area contributed by atoms with E-state index >= 15 is 0 Å². The lowest BCUT2D eigenvalue weighted by atomic mass is 10.00. The van der Waals surface area contributed by atoms with Crippen LogP contribution in [0.15, 0.2) is 47.5 Å². The highest BCUT2D eigenvalue weighted by Crippen LogP contribution is 2.29. The Hall–Kier alpha value is -3.03. The van der Waals surface area contributed by atoms with Gasteiger partial charge in [-0.25, -0.2) is 0 Å². The normalized spacial score (nSPS) is 10.9. The van der Waals surface area contributed by atoms with Gasteiger partial charge in [-0.2, -0.15) is 0 Å². The molecule has 0 spiro atoms. The van der Waals surface area contributed by atoms with Crippen molar-refractivity contribution in [3.63, 3.8) is 0 Å². The van der Waals surface area contributed by atoms with E-state index in [4.69, 9.17) is 31.9 Å². The zero-order chi connectivity index (χ0) is 26.2. The first kappa shape index (κ1) is 30.0. The van der Waals surface area contributed by atoms with Crippen molar-refractivity contribution in [3.05, 3.63) is 70.3 Å². The average molecular weight is 500 g/mol. The molecule has 0 aliphatic carbocycles. The number of unbranched alkanes of at least 4 members (excludes halogenated alkanes) is 1. The number of nitrogens with zero attached hydrogens (tertiary/aromatic N) is 4. The van der Waals surface area contributed by atoms with Crippen LogP contribution in [0.2, 0.25) is 5.02 Å². The molecule has 190 valence electrons. The highest BCUT2D eigenvalue weighted by atomic mass is 35.5. The number of ether oxygens (including phenoxy) is 1. The number of hydrogen-bond acceptors (Lipinski definition) is 6. The fourth-order valence-electron chi connectivity index (χ4n) is 3.14. The summed E-state index contributed by atoms with van der Waals surface area (Å²) >= 11 is 6.02. The van der Waals surface area contributed by atoms with Gasteiger partial charge in [0.15, 0.2) is 5.82 Å². The lowest BCUT2D eigenvalue weighted by Gasteiger charge is -2.14. The zero-order valence-electron chi connectivity index (χ0n) is 21.7. The summed E-state index contributed by atoms with van der Waals surface area (Å²) in [5.41, 5.74) is 9.02. The third kappa shape index (κ3) is 8.92. The second-order valence-corrected chi connectivity index (χ2v) is 8.08. The number of aryl methyl sites for hydroxylation is 1. The molecule has 1 aliphatic heterocycles. The van der Waals surface area contributed by atoms with Gasteiger partial charge < -0.3 is 15.3 Å². The molecule has 2 heterocycles. The lowest BCUT2D eigenvalue weighted by Crippen LogP contribution is -2.08. The van der Waals surface area contributed by atoms with Crippen LogP contribution in [0.1, 0.15) is 69.7 Å². The third-order valence-electron chi connectivity index (χ3n) is 4.65. The summed E-state index contributed by atoms with van der Waals surface area (Å²) in [6.07, 6.45) is 4.39.